The second-order valence-electron chi connectivity index (χ2n) is 5.44. The van der Waals surface area contributed by atoms with Crippen molar-refractivity contribution in [3.63, 3.8) is 0 Å². The summed E-state index contributed by atoms with van der Waals surface area (Å²) in [6.45, 7) is 0.426. The maximum Gasteiger partial charge on any atom is 0.319 e. The number of hydrogen-bond acceptors (Lipinski definition) is 4. The van der Waals surface area contributed by atoms with Crippen molar-refractivity contribution in [1.82, 2.24) is 10.3 Å². The average Bonchev–Trinajstić information content (AvgIpc) is 2.96. The number of carbonyl (C=O) groups excluding carboxylic acids is 2. The molecule has 1 aromatic carbocycles. The van der Waals surface area contributed by atoms with Gasteiger partial charge in [0, 0.05) is 42.8 Å². The minimum atomic E-state index is -0.341. The first-order valence-electron chi connectivity index (χ1n) is 7.57. The average molecular weight is 326 g/mol. The van der Waals surface area contributed by atoms with Gasteiger partial charge < -0.3 is 20.3 Å². The van der Waals surface area contributed by atoms with Crippen LogP contribution >= 0.6 is 0 Å². The van der Waals surface area contributed by atoms with E-state index in [1.54, 1.807) is 42.6 Å². The van der Waals surface area contributed by atoms with Gasteiger partial charge in [-0.05, 0) is 24.3 Å². The van der Waals surface area contributed by atoms with Gasteiger partial charge in [-0.25, -0.2) is 4.79 Å². The van der Waals surface area contributed by atoms with E-state index < -0.39 is 0 Å². The van der Waals surface area contributed by atoms with Gasteiger partial charge in [-0.1, -0.05) is 6.07 Å². The Bertz CT molecular complexity index is 736. The molecular weight excluding hydrogens is 308 g/mol. The fraction of sp³-hybridized carbons (Fsp3) is 0.235. The predicted octanol–water partition coefficient (Wildman–Crippen LogP) is 2.02. The highest BCUT2D eigenvalue weighted by Crippen LogP contribution is 2.25. The first kappa shape index (κ1) is 15.8. The summed E-state index contributed by atoms with van der Waals surface area (Å²) in [6, 6.07) is 10.1. The van der Waals surface area contributed by atoms with Crippen molar-refractivity contribution < 1.29 is 14.3 Å². The van der Waals surface area contributed by atoms with Gasteiger partial charge >= 0.3 is 6.03 Å². The van der Waals surface area contributed by atoms with Crippen molar-refractivity contribution in [1.29, 1.82) is 0 Å². The summed E-state index contributed by atoms with van der Waals surface area (Å²) in [6.07, 6.45) is 3.46. The molecular formula is C17H18N4O3. The number of benzene rings is 1. The summed E-state index contributed by atoms with van der Waals surface area (Å²) >= 11 is 0. The van der Waals surface area contributed by atoms with Gasteiger partial charge in [-0.3, -0.25) is 9.78 Å². The number of urea groups is 1. The molecule has 1 saturated heterocycles. The van der Waals surface area contributed by atoms with Crippen molar-refractivity contribution in [2.45, 2.75) is 12.5 Å². The van der Waals surface area contributed by atoms with Crippen LogP contribution in [0.5, 0.6) is 5.75 Å². The monoisotopic (exact) mass is 326 g/mol. The van der Waals surface area contributed by atoms with Gasteiger partial charge in [-0.15, -0.1) is 0 Å². The minimum absolute atomic E-state index is 0.0301. The molecule has 1 atom stereocenters. The third-order valence-electron chi connectivity index (χ3n) is 3.76. The molecule has 2 N–H and O–H groups in total. The van der Waals surface area contributed by atoms with Gasteiger partial charge in [0.1, 0.15) is 5.75 Å². The van der Waals surface area contributed by atoms with E-state index in [4.69, 9.17) is 4.74 Å². The second kappa shape index (κ2) is 6.99. The molecule has 7 nitrogen and oxygen atoms in total. The number of rotatable bonds is 4. The number of aromatic nitrogens is 1. The predicted molar refractivity (Wildman–Crippen MR) is 90.1 cm³/mol. The molecule has 124 valence electrons. The molecule has 1 aliphatic rings. The van der Waals surface area contributed by atoms with Crippen LogP contribution in [-0.4, -0.2) is 36.6 Å². The van der Waals surface area contributed by atoms with Gasteiger partial charge in [0.2, 0.25) is 5.91 Å². The first-order valence-corrected chi connectivity index (χ1v) is 7.57. The number of amides is 3. The van der Waals surface area contributed by atoms with Crippen LogP contribution in [0.3, 0.4) is 0 Å². The summed E-state index contributed by atoms with van der Waals surface area (Å²) in [5.74, 6) is 0.657. The maximum atomic E-state index is 12.2. The SMILES string of the molecule is COc1cccc(N2CC(NC(=O)Nc3ccncc3)CC2=O)c1. The Balaban J connectivity index is 1.61. The van der Waals surface area contributed by atoms with Crippen LogP contribution < -0.4 is 20.3 Å². The van der Waals surface area contributed by atoms with Crippen LogP contribution in [0.4, 0.5) is 16.2 Å². The van der Waals surface area contributed by atoms with Crippen LogP contribution in [0, 0.1) is 0 Å². The molecule has 1 unspecified atom stereocenters. The van der Waals surface area contributed by atoms with Crippen molar-refractivity contribution >= 4 is 23.3 Å². The number of ether oxygens (including phenoxy) is 1. The van der Waals surface area contributed by atoms with Gasteiger partial charge in [0.05, 0.1) is 13.2 Å². The van der Waals surface area contributed by atoms with Gasteiger partial charge in [0.15, 0.2) is 0 Å². The molecule has 0 saturated carbocycles. The smallest absolute Gasteiger partial charge is 0.319 e. The minimum Gasteiger partial charge on any atom is -0.497 e. The van der Waals surface area contributed by atoms with Crippen LogP contribution in [0.25, 0.3) is 0 Å². The third kappa shape index (κ3) is 3.62. The first-order chi connectivity index (χ1) is 11.7. The molecule has 2 aromatic rings. The Morgan fingerprint density at radius 1 is 1.29 bits per heavy atom. The molecule has 3 amide bonds. The number of anilines is 2. The number of hydrogen-bond donors (Lipinski definition) is 2. The molecule has 3 rings (SSSR count). The van der Waals surface area contributed by atoms with Crippen LogP contribution in [0.15, 0.2) is 48.8 Å². The van der Waals surface area contributed by atoms with Crippen molar-refractivity contribution in [3.05, 3.63) is 48.8 Å². The molecule has 1 aliphatic heterocycles. The molecule has 0 spiro atoms. The quantitative estimate of drug-likeness (QED) is 0.900. The van der Waals surface area contributed by atoms with Gasteiger partial charge in [-0.2, -0.15) is 0 Å². The van der Waals surface area contributed by atoms with E-state index in [9.17, 15) is 9.59 Å². The third-order valence-corrected chi connectivity index (χ3v) is 3.76. The highest BCUT2D eigenvalue weighted by molar-refractivity contribution is 5.97. The summed E-state index contributed by atoms with van der Waals surface area (Å²) in [4.78, 5) is 29.8. The fourth-order valence-electron chi connectivity index (χ4n) is 2.62. The van der Waals surface area contributed by atoms with E-state index in [0.29, 0.717) is 18.0 Å². The molecule has 0 radical (unpaired) electrons. The molecule has 0 bridgehead atoms. The Labute approximate surface area is 139 Å². The number of nitrogens with zero attached hydrogens (tertiary/aromatic N) is 2. The second-order valence-corrected chi connectivity index (χ2v) is 5.44. The number of nitrogens with one attached hydrogen (secondary N) is 2. The summed E-state index contributed by atoms with van der Waals surface area (Å²) in [7, 11) is 1.58. The van der Waals surface area contributed by atoms with Crippen molar-refractivity contribution in [2.24, 2.45) is 0 Å². The number of carbonyl (C=O) groups is 2. The summed E-state index contributed by atoms with van der Waals surface area (Å²) < 4.78 is 5.18. The Kier molecular flexibility index (Phi) is 4.60. The Morgan fingerprint density at radius 2 is 2.08 bits per heavy atom. The van der Waals surface area contributed by atoms with E-state index >= 15 is 0 Å². The molecule has 1 aromatic heterocycles. The normalized spacial score (nSPS) is 16.8. The summed E-state index contributed by atoms with van der Waals surface area (Å²) in [5.41, 5.74) is 1.41. The molecule has 0 aliphatic carbocycles. The lowest BCUT2D eigenvalue weighted by Crippen LogP contribution is -2.39. The van der Waals surface area contributed by atoms with E-state index in [-0.39, 0.29) is 24.4 Å². The van der Waals surface area contributed by atoms with E-state index in [0.717, 1.165) is 5.69 Å². The summed E-state index contributed by atoms with van der Waals surface area (Å²) in [5, 5.41) is 5.54. The zero-order valence-corrected chi connectivity index (χ0v) is 13.2. The molecule has 7 heteroatoms. The van der Waals surface area contributed by atoms with E-state index in [1.165, 1.54) is 0 Å². The Morgan fingerprint density at radius 3 is 2.83 bits per heavy atom. The molecule has 2 heterocycles. The van der Waals surface area contributed by atoms with Crippen LogP contribution in [0.2, 0.25) is 0 Å². The fourth-order valence-corrected chi connectivity index (χ4v) is 2.62. The van der Waals surface area contributed by atoms with Crippen LogP contribution in [0.1, 0.15) is 6.42 Å². The Hall–Kier alpha value is -3.09. The van der Waals surface area contributed by atoms with E-state index in [2.05, 4.69) is 15.6 Å². The standard InChI is InChI=1S/C17H18N4O3/c1-24-15-4-2-3-14(10-15)21-11-13(9-16(21)22)20-17(23)19-12-5-7-18-8-6-12/h2-8,10,13H,9,11H2,1H3,(H2,18,19,20,23). The zero-order valence-electron chi connectivity index (χ0n) is 13.2. The van der Waals surface area contributed by atoms with Crippen molar-refractivity contribution in [2.75, 3.05) is 23.9 Å². The topological polar surface area (TPSA) is 83.6 Å². The lowest BCUT2D eigenvalue weighted by Gasteiger charge is -2.18. The highest BCUT2D eigenvalue weighted by atomic mass is 16.5. The van der Waals surface area contributed by atoms with Crippen molar-refractivity contribution in [3.8, 4) is 5.75 Å². The number of pyridine rings is 1. The van der Waals surface area contributed by atoms with E-state index in [1.807, 2.05) is 18.2 Å². The lowest BCUT2D eigenvalue weighted by atomic mass is 10.2. The zero-order chi connectivity index (χ0) is 16.9. The highest BCUT2D eigenvalue weighted by Gasteiger charge is 2.31. The maximum absolute atomic E-state index is 12.2. The van der Waals surface area contributed by atoms with Gasteiger partial charge in [0.25, 0.3) is 0 Å². The largest absolute Gasteiger partial charge is 0.497 e. The van der Waals surface area contributed by atoms with Crippen LogP contribution in [-0.2, 0) is 4.79 Å². The molecule has 24 heavy (non-hydrogen) atoms. The molecule has 1 fully saturated rings. The number of methoxy groups -OCH3 is 1. The lowest BCUT2D eigenvalue weighted by molar-refractivity contribution is -0.117.